The molecular formula is C14H17N3O5S. The van der Waals surface area contributed by atoms with Gasteiger partial charge in [0, 0.05) is 32.3 Å². The summed E-state index contributed by atoms with van der Waals surface area (Å²) in [5, 5.41) is 13.5. The molecule has 1 N–H and O–H groups in total. The quantitative estimate of drug-likeness (QED) is 0.899. The molecule has 2 aromatic heterocycles. The van der Waals surface area contributed by atoms with E-state index in [0.717, 1.165) is 0 Å². The van der Waals surface area contributed by atoms with E-state index < -0.39 is 16.0 Å². The summed E-state index contributed by atoms with van der Waals surface area (Å²) in [5.74, 6) is -1.29. The van der Waals surface area contributed by atoms with E-state index in [0.29, 0.717) is 25.1 Å². The van der Waals surface area contributed by atoms with E-state index in [4.69, 9.17) is 4.42 Å². The summed E-state index contributed by atoms with van der Waals surface area (Å²) in [6.45, 7) is 0.615. The Kier molecular flexibility index (Phi) is 3.99. The van der Waals surface area contributed by atoms with Gasteiger partial charge in [-0.2, -0.15) is 9.40 Å². The lowest BCUT2D eigenvalue weighted by atomic mass is 9.94. The number of aryl methyl sites for hydroxylation is 1. The molecule has 0 saturated carbocycles. The van der Waals surface area contributed by atoms with Crippen molar-refractivity contribution in [3.05, 3.63) is 36.0 Å². The summed E-state index contributed by atoms with van der Waals surface area (Å²) in [7, 11) is -1.98. The highest BCUT2D eigenvalue weighted by atomic mass is 32.2. The van der Waals surface area contributed by atoms with Crippen molar-refractivity contribution in [2.45, 2.75) is 23.7 Å². The molecule has 9 heteroatoms. The first kappa shape index (κ1) is 15.8. The third kappa shape index (κ3) is 2.89. The van der Waals surface area contributed by atoms with Crippen molar-refractivity contribution in [1.29, 1.82) is 0 Å². The highest BCUT2D eigenvalue weighted by Gasteiger charge is 2.34. The van der Waals surface area contributed by atoms with Crippen molar-refractivity contribution in [2.24, 2.45) is 7.05 Å². The second kappa shape index (κ2) is 5.82. The van der Waals surface area contributed by atoms with Crippen LogP contribution in [0, 0.1) is 0 Å². The molecule has 0 aromatic carbocycles. The summed E-state index contributed by atoms with van der Waals surface area (Å²) in [4.78, 5) is 11.5. The summed E-state index contributed by atoms with van der Waals surface area (Å²) in [6, 6.07) is 1.41. The maximum atomic E-state index is 12.6. The van der Waals surface area contributed by atoms with Gasteiger partial charge in [0.2, 0.25) is 10.0 Å². The second-order valence-corrected chi connectivity index (χ2v) is 7.51. The van der Waals surface area contributed by atoms with Gasteiger partial charge in [0.15, 0.2) is 0 Å². The van der Waals surface area contributed by atoms with Crippen LogP contribution < -0.4 is 0 Å². The molecule has 1 atom stereocenters. The average molecular weight is 339 g/mol. The topological polar surface area (TPSA) is 106 Å². The third-order valence-corrected chi connectivity index (χ3v) is 5.83. The molecule has 0 aliphatic carbocycles. The molecule has 2 aromatic rings. The largest absolute Gasteiger partial charge is 0.478 e. The number of sulfonamides is 1. The van der Waals surface area contributed by atoms with Crippen molar-refractivity contribution in [2.75, 3.05) is 13.1 Å². The number of piperidine rings is 1. The van der Waals surface area contributed by atoms with Gasteiger partial charge in [0.1, 0.15) is 16.7 Å². The predicted molar refractivity (Wildman–Crippen MR) is 79.6 cm³/mol. The Morgan fingerprint density at radius 3 is 2.91 bits per heavy atom. The SMILES string of the molecule is Cn1cc(C(=O)O)c(C2CCCN(S(=O)(=O)c3ccoc3)C2)n1. The van der Waals surface area contributed by atoms with Crippen LogP contribution in [0.15, 0.2) is 34.1 Å². The molecule has 1 aliphatic heterocycles. The number of carboxylic acids is 1. The Bertz CT molecular complexity index is 810. The van der Waals surface area contributed by atoms with E-state index >= 15 is 0 Å². The molecular weight excluding hydrogens is 322 g/mol. The lowest BCUT2D eigenvalue weighted by molar-refractivity contribution is 0.0694. The van der Waals surface area contributed by atoms with Crippen LogP contribution in [0.2, 0.25) is 0 Å². The number of carbonyl (C=O) groups is 1. The summed E-state index contributed by atoms with van der Waals surface area (Å²) >= 11 is 0. The minimum Gasteiger partial charge on any atom is -0.478 e. The van der Waals surface area contributed by atoms with Gasteiger partial charge in [-0.3, -0.25) is 4.68 Å². The van der Waals surface area contributed by atoms with Gasteiger partial charge in [-0.05, 0) is 18.9 Å². The van der Waals surface area contributed by atoms with Crippen LogP contribution in [-0.2, 0) is 17.1 Å². The second-order valence-electron chi connectivity index (χ2n) is 5.57. The van der Waals surface area contributed by atoms with Crippen LogP contribution in [0.25, 0.3) is 0 Å². The number of carboxylic acid groups (broad SMARTS) is 1. The molecule has 0 spiro atoms. The molecule has 0 bridgehead atoms. The van der Waals surface area contributed by atoms with Gasteiger partial charge in [-0.1, -0.05) is 0 Å². The smallest absolute Gasteiger partial charge is 0.339 e. The Morgan fingerprint density at radius 2 is 2.26 bits per heavy atom. The number of aromatic carboxylic acids is 1. The standard InChI is InChI=1S/C14H17N3O5S/c1-16-8-12(14(18)19)13(15-16)10-3-2-5-17(7-10)23(20,21)11-4-6-22-9-11/h4,6,8-10H,2-3,5,7H2,1H3,(H,18,19). The molecule has 1 unspecified atom stereocenters. The summed E-state index contributed by atoms with van der Waals surface area (Å²) in [5.41, 5.74) is 0.562. The van der Waals surface area contributed by atoms with E-state index in [1.807, 2.05) is 0 Å². The van der Waals surface area contributed by atoms with Crippen LogP contribution in [0.1, 0.15) is 34.8 Å². The van der Waals surface area contributed by atoms with Crippen molar-refractivity contribution >= 4 is 16.0 Å². The van der Waals surface area contributed by atoms with Crippen LogP contribution in [0.3, 0.4) is 0 Å². The Balaban J connectivity index is 1.89. The van der Waals surface area contributed by atoms with Crippen molar-refractivity contribution < 1.29 is 22.7 Å². The molecule has 23 heavy (non-hydrogen) atoms. The predicted octanol–water partition coefficient (Wildman–Crippen LogP) is 1.28. The number of nitrogens with zero attached hydrogens (tertiary/aromatic N) is 3. The maximum Gasteiger partial charge on any atom is 0.339 e. The first-order valence-electron chi connectivity index (χ1n) is 7.19. The first-order valence-corrected chi connectivity index (χ1v) is 8.63. The van der Waals surface area contributed by atoms with Gasteiger partial charge in [0.25, 0.3) is 0 Å². The van der Waals surface area contributed by atoms with E-state index in [-0.39, 0.29) is 22.9 Å². The number of furan rings is 1. The van der Waals surface area contributed by atoms with Gasteiger partial charge in [-0.15, -0.1) is 0 Å². The molecule has 3 rings (SSSR count). The zero-order valence-electron chi connectivity index (χ0n) is 12.5. The van der Waals surface area contributed by atoms with Gasteiger partial charge in [0.05, 0.1) is 12.0 Å². The fourth-order valence-electron chi connectivity index (χ4n) is 2.90. The highest BCUT2D eigenvalue weighted by molar-refractivity contribution is 7.89. The zero-order chi connectivity index (χ0) is 16.6. The van der Waals surface area contributed by atoms with E-state index in [9.17, 15) is 18.3 Å². The van der Waals surface area contributed by atoms with Gasteiger partial charge < -0.3 is 9.52 Å². The monoisotopic (exact) mass is 339 g/mol. The Labute approximate surface area is 133 Å². The third-order valence-electron chi connectivity index (χ3n) is 3.99. The molecule has 124 valence electrons. The van der Waals surface area contributed by atoms with Crippen LogP contribution in [0.4, 0.5) is 0 Å². The zero-order valence-corrected chi connectivity index (χ0v) is 13.4. The fourth-order valence-corrected chi connectivity index (χ4v) is 4.35. The Hall–Kier alpha value is -2.13. The molecule has 8 nitrogen and oxygen atoms in total. The Morgan fingerprint density at radius 1 is 1.48 bits per heavy atom. The number of hydrogen-bond donors (Lipinski definition) is 1. The van der Waals surface area contributed by atoms with Crippen molar-refractivity contribution in [3.63, 3.8) is 0 Å². The molecule has 1 fully saturated rings. The lowest BCUT2D eigenvalue weighted by Crippen LogP contribution is -2.39. The summed E-state index contributed by atoms with van der Waals surface area (Å²) < 4.78 is 32.8. The number of rotatable bonds is 4. The van der Waals surface area contributed by atoms with E-state index in [2.05, 4.69) is 5.10 Å². The van der Waals surface area contributed by atoms with E-state index in [1.54, 1.807) is 7.05 Å². The fraction of sp³-hybridized carbons (Fsp3) is 0.429. The minimum absolute atomic E-state index is 0.109. The van der Waals surface area contributed by atoms with Crippen LogP contribution in [0.5, 0.6) is 0 Å². The molecule has 0 radical (unpaired) electrons. The highest BCUT2D eigenvalue weighted by Crippen LogP contribution is 2.31. The maximum absolute atomic E-state index is 12.6. The summed E-state index contributed by atoms with van der Waals surface area (Å²) in [6.07, 6.45) is 5.31. The van der Waals surface area contributed by atoms with Gasteiger partial charge in [-0.25, -0.2) is 13.2 Å². The normalized spacial score (nSPS) is 19.8. The molecule has 0 amide bonds. The van der Waals surface area contributed by atoms with Gasteiger partial charge >= 0.3 is 5.97 Å². The minimum atomic E-state index is -3.63. The molecule has 1 aliphatic rings. The lowest BCUT2D eigenvalue weighted by Gasteiger charge is -2.31. The van der Waals surface area contributed by atoms with E-state index in [1.165, 1.54) is 33.8 Å². The first-order chi connectivity index (χ1) is 10.9. The number of aromatic nitrogens is 2. The van der Waals surface area contributed by atoms with Crippen LogP contribution in [-0.4, -0.2) is 46.7 Å². The van der Waals surface area contributed by atoms with Crippen molar-refractivity contribution in [3.8, 4) is 0 Å². The average Bonchev–Trinajstić information content (AvgIpc) is 3.17. The van der Waals surface area contributed by atoms with Crippen LogP contribution >= 0.6 is 0 Å². The van der Waals surface area contributed by atoms with Crippen molar-refractivity contribution in [1.82, 2.24) is 14.1 Å². The molecule has 1 saturated heterocycles. The molecule has 3 heterocycles. The number of hydrogen-bond acceptors (Lipinski definition) is 5.